The predicted molar refractivity (Wildman–Crippen MR) is 91.9 cm³/mol. The van der Waals surface area contributed by atoms with E-state index in [1.165, 1.54) is 18.2 Å². The van der Waals surface area contributed by atoms with E-state index in [9.17, 15) is 19.3 Å². The van der Waals surface area contributed by atoms with Crippen LogP contribution in [0.5, 0.6) is 11.5 Å². The number of nitriles is 1. The van der Waals surface area contributed by atoms with Crippen molar-refractivity contribution in [3.63, 3.8) is 0 Å². The number of amides is 1. The number of hydrogen-bond donors (Lipinski definition) is 1. The van der Waals surface area contributed by atoms with E-state index in [1.54, 1.807) is 26.8 Å². The average molecular weight is 374 g/mol. The van der Waals surface area contributed by atoms with Crippen molar-refractivity contribution in [1.29, 1.82) is 5.26 Å². The van der Waals surface area contributed by atoms with Gasteiger partial charge in [-0.15, -0.1) is 0 Å². The molecule has 9 nitrogen and oxygen atoms in total. The van der Waals surface area contributed by atoms with E-state index in [1.807, 2.05) is 0 Å². The van der Waals surface area contributed by atoms with Crippen LogP contribution in [-0.2, 0) is 4.74 Å². The first-order valence-electron chi connectivity index (χ1n) is 7.61. The summed E-state index contributed by atoms with van der Waals surface area (Å²) in [5, 5.41) is 22.3. The molecule has 140 valence electrons. The molecule has 1 amide bonds. The molecule has 27 heavy (non-hydrogen) atoms. The van der Waals surface area contributed by atoms with E-state index in [0.717, 1.165) is 12.3 Å². The van der Waals surface area contributed by atoms with Crippen LogP contribution in [0.2, 0.25) is 0 Å². The van der Waals surface area contributed by atoms with Crippen LogP contribution >= 0.6 is 0 Å². The number of nitro groups is 1. The van der Waals surface area contributed by atoms with Crippen LogP contribution in [0.25, 0.3) is 0 Å². The Balaban J connectivity index is 2.24. The third kappa shape index (κ3) is 5.12. The highest BCUT2D eigenvalue weighted by molar-refractivity contribution is 5.85. The minimum absolute atomic E-state index is 0.0690. The van der Waals surface area contributed by atoms with Crippen molar-refractivity contribution in [1.82, 2.24) is 4.98 Å². The molecule has 0 saturated heterocycles. The van der Waals surface area contributed by atoms with Crippen LogP contribution in [0.3, 0.4) is 0 Å². The van der Waals surface area contributed by atoms with Crippen LogP contribution in [-0.4, -0.2) is 21.6 Å². The summed E-state index contributed by atoms with van der Waals surface area (Å²) in [6.45, 7) is 4.99. The summed E-state index contributed by atoms with van der Waals surface area (Å²) in [6.07, 6.45) is 0.328. The third-order valence-electron chi connectivity index (χ3n) is 2.98. The molecular weight excluding hydrogens is 359 g/mol. The number of nitrogens with one attached hydrogen (secondary N) is 1. The number of pyridine rings is 1. The molecule has 0 spiro atoms. The lowest BCUT2D eigenvalue weighted by Crippen LogP contribution is -2.27. The van der Waals surface area contributed by atoms with Crippen LogP contribution in [0.15, 0.2) is 30.5 Å². The van der Waals surface area contributed by atoms with Gasteiger partial charge in [0.25, 0.3) is 0 Å². The van der Waals surface area contributed by atoms with Crippen molar-refractivity contribution in [3.05, 3.63) is 52.1 Å². The summed E-state index contributed by atoms with van der Waals surface area (Å²) in [6, 6.07) is 6.23. The van der Waals surface area contributed by atoms with E-state index in [2.05, 4.69) is 10.3 Å². The van der Waals surface area contributed by atoms with E-state index in [4.69, 9.17) is 14.7 Å². The van der Waals surface area contributed by atoms with Crippen molar-refractivity contribution < 1.29 is 23.6 Å². The van der Waals surface area contributed by atoms with Gasteiger partial charge in [-0.05, 0) is 32.9 Å². The molecule has 1 aromatic carbocycles. The Hall–Kier alpha value is -3.74. The molecule has 0 bridgehead atoms. The van der Waals surface area contributed by atoms with Gasteiger partial charge in [0, 0.05) is 18.3 Å². The number of carbonyl (C=O) groups excluding carboxylic acids is 1. The molecule has 0 fully saturated rings. The molecule has 1 aromatic heterocycles. The SMILES string of the molecule is CC(C)(C)OC(=O)Nc1ccc(Oc2ccnc(C#N)c2[N+](=O)[O-])cc1F. The number of anilines is 1. The lowest BCUT2D eigenvalue weighted by atomic mass is 10.2. The molecule has 1 heterocycles. The molecular formula is C17H15FN4O5. The normalized spacial score (nSPS) is 10.6. The van der Waals surface area contributed by atoms with Crippen molar-refractivity contribution in [2.45, 2.75) is 26.4 Å². The number of carbonyl (C=O) groups is 1. The fraction of sp³-hybridized carbons (Fsp3) is 0.235. The van der Waals surface area contributed by atoms with Crippen molar-refractivity contribution >= 4 is 17.5 Å². The molecule has 0 unspecified atom stereocenters. The maximum absolute atomic E-state index is 14.2. The Morgan fingerprint density at radius 1 is 1.37 bits per heavy atom. The molecule has 10 heteroatoms. The second-order valence-electron chi connectivity index (χ2n) is 6.25. The molecule has 2 rings (SSSR count). The zero-order valence-corrected chi connectivity index (χ0v) is 14.6. The number of benzene rings is 1. The fourth-order valence-corrected chi connectivity index (χ4v) is 1.98. The maximum atomic E-state index is 14.2. The first-order valence-corrected chi connectivity index (χ1v) is 7.61. The Morgan fingerprint density at radius 3 is 2.63 bits per heavy atom. The Kier molecular flexibility index (Phi) is 5.55. The number of halogens is 1. The Labute approximate surface area is 153 Å². The van der Waals surface area contributed by atoms with Crippen LogP contribution in [0.1, 0.15) is 26.5 Å². The standard InChI is InChI=1S/C17H15FN4O5/c1-17(2,3)27-16(23)21-12-5-4-10(8-11(12)18)26-14-6-7-20-13(9-19)15(14)22(24)25/h4-8H,1-3H3,(H,21,23). The number of hydrogen-bond acceptors (Lipinski definition) is 7. The van der Waals surface area contributed by atoms with Gasteiger partial charge in [-0.25, -0.2) is 14.2 Å². The molecule has 1 N–H and O–H groups in total. The summed E-state index contributed by atoms with van der Waals surface area (Å²) in [5.41, 5.74) is -1.96. The van der Waals surface area contributed by atoms with Crippen molar-refractivity contribution in [2.75, 3.05) is 5.32 Å². The first kappa shape index (κ1) is 19.6. The van der Waals surface area contributed by atoms with Gasteiger partial charge in [-0.3, -0.25) is 15.4 Å². The van der Waals surface area contributed by atoms with Gasteiger partial charge in [0.1, 0.15) is 17.4 Å². The largest absolute Gasteiger partial charge is 0.450 e. The fourth-order valence-electron chi connectivity index (χ4n) is 1.98. The van der Waals surface area contributed by atoms with E-state index >= 15 is 0 Å². The van der Waals surface area contributed by atoms with Gasteiger partial charge in [0.2, 0.25) is 11.4 Å². The molecule has 2 aromatic rings. The van der Waals surface area contributed by atoms with Gasteiger partial charge in [-0.1, -0.05) is 0 Å². The monoisotopic (exact) mass is 374 g/mol. The smallest absolute Gasteiger partial charge is 0.412 e. The van der Waals surface area contributed by atoms with E-state index in [-0.39, 0.29) is 17.2 Å². The van der Waals surface area contributed by atoms with Gasteiger partial charge in [0.15, 0.2) is 5.82 Å². The first-order chi connectivity index (χ1) is 12.6. The molecule has 0 atom stereocenters. The maximum Gasteiger partial charge on any atom is 0.412 e. The number of rotatable bonds is 4. The Bertz CT molecular complexity index is 934. The number of aromatic nitrogens is 1. The summed E-state index contributed by atoms with van der Waals surface area (Å²) < 4.78 is 24.5. The van der Waals surface area contributed by atoms with E-state index in [0.29, 0.717) is 0 Å². The summed E-state index contributed by atoms with van der Waals surface area (Å²) in [5.74, 6) is -1.17. The zero-order valence-electron chi connectivity index (χ0n) is 14.6. The minimum Gasteiger partial charge on any atom is -0.450 e. The van der Waals surface area contributed by atoms with Crippen molar-refractivity contribution in [2.24, 2.45) is 0 Å². The van der Waals surface area contributed by atoms with Crippen LogP contribution in [0, 0.1) is 27.3 Å². The molecule has 0 saturated carbocycles. The van der Waals surface area contributed by atoms with Gasteiger partial charge < -0.3 is 9.47 Å². The van der Waals surface area contributed by atoms with Crippen molar-refractivity contribution in [3.8, 4) is 17.6 Å². The number of nitrogens with zero attached hydrogens (tertiary/aromatic N) is 3. The van der Waals surface area contributed by atoms with Gasteiger partial charge in [-0.2, -0.15) is 5.26 Å². The second-order valence-corrected chi connectivity index (χ2v) is 6.25. The molecule has 0 aliphatic carbocycles. The van der Waals surface area contributed by atoms with Gasteiger partial charge in [0.05, 0.1) is 10.6 Å². The van der Waals surface area contributed by atoms with Crippen LogP contribution < -0.4 is 10.1 Å². The Morgan fingerprint density at radius 2 is 2.07 bits per heavy atom. The second kappa shape index (κ2) is 7.65. The van der Waals surface area contributed by atoms with Crippen LogP contribution in [0.4, 0.5) is 20.6 Å². The summed E-state index contributed by atoms with van der Waals surface area (Å²) in [7, 11) is 0. The van der Waals surface area contributed by atoms with Gasteiger partial charge >= 0.3 is 11.8 Å². The molecule has 0 aliphatic rings. The topological polar surface area (TPSA) is 127 Å². The summed E-state index contributed by atoms with van der Waals surface area (Å²) >= 11 is 0. The number of ether oxygens (including phenoxy) is 2. The minimum atomic E-state index is -0.837. The average Bonchev–Trinajstić information content (AvgIpc) is 2.55. The third-order valence-corrected chi connectivity index (χ3v) is 2.98. The highest BCUT2D eigenvalue weighted by atomic mass is 19.1. The highest BCUT2D eigenvalue weighted by Crippen LogP contribution is 2.33. The summed E-state index contributed by atoms with van der Waals surface area (Å²) in [4.78, 5) is 25.6. The van der Waals surface area contributed by atoms with E-state index < -0.39 is 33.8 Å². The highest BCUT2D eigenvalue weighted by Gasteiger charge is 2.23. The predicted octanol–water partition coefficient (Wildman–Crippen LogP) is 4.14. The quantitative estimate of drug-likeness (QED) is 0.629. The molecule has 0 aliphatic heterocycles. The zero-order chi connectivity index (χ0) is 20.2. The lowest BCUT2D eigenvalue weighted by Gasteiger charge is -2.19. The molecule has 0 radical (unpaired) electrons. The lowest BCUT2D eigenvalue weighted by molar-refractivity contribution is -0.386.